The molecule has 8 heteroatoms. The number of hydrogen-bond acceptors (Lipinski definition) is 4. The van der Waals surface area contributed by atoms with Crippen LogP contribution >= 0.6 is 0 Å². The molecule has 2 amide bonds. The average molecular weight is 520 g/mol. The van der Waals surface area contributed by atoms with Gasteiger partial charge in [-0.05, 0) is 67.1 Å². The predicted molar refractivity (Wildman–Crippen MR) is 147 cm³/mol. The first kappa shape index (κ1) is 24.5. The fraction of sp³-hybridized carbons (Fsp3) is 0.161. The van der Waals surface area contributed by atoms with Gasteiger partial charge in [-0.15, -0.1) is 0 Å². The largest absolute Gasteiger partial charge is 0.346 e. The van der Waals surface area contributed by atoms with E-state index in [-0.39, 0.29) is 17.6 Å². The first-order chi connectivity index (χ1) is 18.9. The number of halogens is 1. The highest BCUT2D eigenvalue weighted by atomic mass is 19.1. The highest BCUT2D eigenvalue weighted by Gasteiger charge is 2.48. The van der Waals surface area contributed by atoms with E-state index in [2.05, 4.69) is 21.5 Å². The van der Waals surface area contributed by atoms with E-state index in [9.17, 15) is 14.0 Å². The molecule has 3 atom stereocenters. The molecule has 0 bridgehead atoms. The van der Waals surface area contributed by atoms with Gasteiger partial charge < -0.3 is 10.2 Å². The fourth-order valence-electron chi connectivity index (χ4n) is 5.34. The Balaban J connectivity index is 1.41. The van der Waals surface area contributed by atoms with Gasteiger partial charge in [0, 0.05) is 23.5 Å². The Hall–Kier alpha value is -4.85. The molecule has 0 saturated carbocycles. The van der Waals surface area contributed by atoms with Crippen LogP contribution in [0, 0.1) is 18.7 Å². The Morgan fingerprint density at radius 2 is 1.74 bits per heavy atom. The number of carbonyl (C=O) groups excluding carboxylic acids is 2. The van der Waals surface area contributed by atoms with Crippen LogP contribution in [0.5, 0.6) is 0 Å². The molecular weight excluding hydrogens is 493 g/mol. The van der Waals surface area contributed by atoms with Gasteiger partial charge in [0.25, 0.3) is 5.91 Å². The molecule has 7 nitrogen and oxygen atoms in total. The van der Waals surface area contributed by atoms with Gasteiger partial charge in [-0.1, -0.05) is 36.8 Å². The van der Waals surface area contributed by atoms with Gasteiger partial charge in [-0.2, -0.15) is 5.10 Å². The minimum absolute atomic E-state index is 0.0803. The van der Waals surface area contributed by atoms with E-state index in [0.29, 0.717) is 11.3 Å². The lowest BCUT2D eigenvalue weighted by Crippen LogP contribution is -2.42. The lowest BCUT2D eigenvalue weighted by Gasteiger charge is -2.30. The first-order valence-electron chi connectivity index (χ1n) is 12.7. The molecule has 0 aliphatic carbocycles. The van der Waals surface area contributed by atoms with Crippen molar-refractivity contribution >= 4 is 28.4 Å². The third-order valence-corrected chi connectivity index (χ3v) is 7.29. The number of rotatable bonds is 5. The fourth-order valence-corrected chi connectivity index (χ4v) is 5.34. The Morgan fingerprint density at radius 3 is 2.49 bits per heavy atom. The second kappa shape index (κ2) is 9.79. The molecule has 3 aromatic carbocycles. The van der Waals surface area contributed by atoms with Crippen LogP contribution in [0.2, 0.25) is 0 Å². The summed E-state index contributed by atoms with van der Waals surface area (Å²) in [6.07, 6.45) is 4.86. The summed E-state index contributed by atoms with van der Waals surface area (Å²) in [5, 5.41) is 8.46. The first-order valence-corrected chi connectivity index (χ1v) is 12.7. The lowest BCUT2D eigenvalue weighted by atomic mass is 9.93. The standard InChI is InChI=1S/C31H26FN5O2/c1-19-5-3-6-21(15-19)29-28(35-30(38)22-7-4-14-33-17-22)20(2)31(39)36(29)26-12-13-27-23(16-26)18-34-37(27)25-10-8-24(32)9-11-25/h3-18,20,28-29H,1-2H3,(H,35,38)/t20-,28+,29-/m1/s1. The molecule has 1 aliphatic rings. The lowest BCUT2D eigenvalue weighted by molar-refractivity contribution is -0.120. The zero-order chi connectivity index (χ0) is 27.1. The van der Waals surface area contributed by atoms with Crippen molar-refractivity contribution in [1.29, 1.82) is 0 Å². The number of nitrogens with one attached hydrogen (secondary N) is 1. The summed E-state index contributed by atoms with van der Waals surface area (Å²) in [6, 6.07) is 22.4. The smallest absolute Gasteiger partial charge is 0.253 e. The molecule has 0 spiro atoms. The number of fused-ring (bicyclic) bond motifs is 1. The summed E-state index contributed by atoms with van der Waals surface area (Å²) >= 11 is 0. The Bertz CT molecular complexity index is 1680. The number of anilines is 1. The van der Waals surface area contributed by atoms with Crippen LogP contribution in [0.4, 0.5) is 10.1 Å². The predicted octanol–water partition coefficient (Wildman–Crippen LogP) is 5.39. The molecule has 2 aromatic heterocycles. The minimum Gasteiger partial charge on any atom is -0.346 e. The molecule has 0 unspecified atom stereocenters. The number of aromatic nitrogens is 3. The Labute approximate surface area is 224 Å². The van der Waals surface area contributed by atoms with Gasteiger partial charge in [0.05, 0.1) is 41.0 Å². The van der Waals surface area contributed by atoms with Gasteiger partial charge in [-0.25, -0.2) is 9.07 Å². The molecule has 5 aromatic rings. The highest BCUT2D eigenvalue weighted by Crippen LogP contribution is 2.41. The minimum atomic E-state index is -0.468. The van der Waals surface area contributed by atoms with E-state index in [1.54, 1.807) is 46.2 Å². The van der Waals surface area contributed by atoms with Gasteiger partial charge in [0.2, 0.25) is 5.91 Å². The zero-order valence-corrected chi connectivity index (χ0v) is 21.5. The topological polar surface area (TPSA) is 80.1 Å². The maximum atomic E-state index is 13.8. The third kappa shape index (κ3) is 4.44. The van der Waals surface area contributed by atoms with Crippen molar-refractivity contribution in [3.05, 3.63) is 120 Å². The SMILES string of the molecule is Cc1cccc([C@@H]2[C@@H](NC(=O)c3cccnc3)[C@@H](C)C(=O)N2c2ccc3c(cnn3-c3ccc(F)cc3)c2)c1. The van der Waals surface area contributed by atoms with Crippen LogP contribution in [-0.2, 0) is 4.79 Å². The van der Waals surface area contributed by atoms with Crippen LogP contribution in [0.3, 0.4) is 0 Å². The van der Waals surface area contributed by atoms with Crippen molar-refractivity contribution < 1.29 is 14.0 Å². The van der Waals surface area contributed by atoms with E-state index in [0.717, 1.165) is 27.7 Å². The molecule has 1 fully saturated rings. The van der Waals surface area contributed by atoms with E-state index in [4.69, 9.17) is 0 Å². The molecule has 1 N–H and O–H groups in total. The van der Waals surface area contributed by atoms with Crippen LogP contribution in [0.15, 0.2) is 97.5 Å². The number of nitrogens with zero attached hydrogens (tertiary/aromatic N) is 4. The Kier molecular flexibility index (Phi) is 6.15. The van der Waals surface area contributed by atoms with E-state index < -0.39 is 18.0 Å². The van der Waals surface area contributed by atoms with E-state index in [1.807, 2.05) is 50.2 Å². The van der Waals surface area contributed by atoms with Crippen molar-refractivity contribution in [3.8, 4) is 5.69 Å². The highest BCUT2D eigenvalue weighted by molar-refractivity contribution is 6.02. The number of hydrogen-bond donors (Lipinski definition) is 1. The number of carbonyl (C=O) groups is 2. The third-order valence-electron chi connectivity index (χ3n) is 7.29. The number of pyridine rings is 1. The zero-order valence-electron chi connectivity index (χ0n) is 21.5. The quantitative estimate of drug-likeness (QED) is 0.338. The molecule has 6 rings (SSSR count). The second-order valence-electron chi connectivity index (χ2n) is 9.87. The maximum absolute atomic E-state index is 13.8. The summed E-state index contributed by atoms with van der Waals surface area (Å²) in [6.45, 7) is 3.86. The number of benzene rings is 3. The summed E-state index contributed by atoms with van der Waals surface area (Å²) in [4.78, 5) is 32.8. The van der Waals surface area contributed by atoms with Crippen molar-refractivity contribution in [3.63, 3.8) is 0 Å². The van der Waals surface area contributed by atoms with Gasteiger partial charge in [0.1, 0.15) is 5.82 Å². The molecular formula is C31H26FN5O2. The molecule has 0 radical (unpaired) electrons. The molecule has 3 heterocycles. The van der Waals surface area contributed by atoms with Crippen molar-refractivity contribution in [2.75, 3.05) is 4.90 Å². The summed E-state index contributed by atoms with van der Waals surface area (Å²) in [7, 11) is 0. The second-order valence-corrected chi connectivity index (χ2v) is 9.87. The average Bonchev–Trinajstić information content (AvgIpc) is 3.48. The maximum Gasteiger partial charge on any atom is 0.253 e. The van der Waals surface area contributed by atoms with Crippen LogP contribution in [0.1, 0.15) is 34.5 Å². The van der Waals surface area contributed by atoms with Crippen LogP contribution < -0.4 is 10.2 Å². The molecule has 1 aliphatic heterocycles. The summed E-state index contributed by atoms with van der Waals surface area (Å²) in [5.41, 5.74) is 4.72. The van der Waals surface area contributed by atoms with Crippen LogP contribution in [-0.4, -0.2) is 32.6 Å². The molecule has 39 heavy (non-hydrogen) atoms. The van der Waals surface area contributed by atoms with Gasteiger partial charge in [-0.3, -0.25) is 14.6 Å². The van der Waals surface area contributed by atoms with Crippen molar-refractivity contribution in [1.82, 2.24) is 20.1 Å². The van der Waals surface area contributed by atoms with Gasteiger partial charge >= 0.3 is 0 Å². The van der Waals surface area contributed by atoms with Crippen LogP contribution in [0.25, 0.3) is 16.6 Å². The Morgan fingerprint density at radius 1 is 0.949 bits per heavy atom. The van der Waals surface area contributed by atoms with Crippen molar-refractivity contribution in [2.45, 2.75) is 25.9 Å². The van der Waals surface area contributed by atoms with Gasteiger partial charge in [0.15, 0.2) is 0 Å². The molecule has 1 saturated heterocycles. The van der Waals surface area contributed by atoms with E-state index in [1.165, 1.54) is 18.3 Å². The monoisotopic (exact) mass is 519 g/mol. The van der Waals surface area contributed by atoms with E-state index >= 15 is 0 Å². The normalized spacial score (nSPS) is 19.0. The van der Waals surface area contributed by atoms with Crippen molar-refractivity contribution in [2.24, 2.45) is 5.92 Å². The number of amides is 2. The molecule has 194 valence electrons. The number of aryl methyl sites for hydroxylation is 1. The summed E-state index contributed by atoms with van der Waals surface area (Å²) in [5.74, 6) is -1.13. The summed E-state index contributed by atoms with van der Waals surface area (Å²) < 4.78 is 15.2.